The fourth-order valence-corrected chi connectivity index (χ4v) is 4.46. The molecule has 0 aliphatic carbocycles. The van der Waals surface area contributed by atoms with Crippen LogP contribution in [-0.2, 0) is 16.7 Å². The van der Waals surface area contributed by atoms with Crippen LogP contribution in [0.3, 0.4) is 0 Å². The molecule has 1 atom stereocenters. The van der Waals surface area contributed by atoms with Crippen molar-refractivity contribution in [3.8, 4) is 11.5 Å². The number of benzene rings is 2. The van der Waals surface area contributed by atoms with E-state index >= 15 is 0 Å². The quantitative estimate of drug-likeness (QED) is 0.249. The van der Waals surface area contributed by atoms with Crippen LogP contribution in [0.4, 0.5) is 0 Å². The Labute approximate surface area is 213 Å². The highest BCUT2D eigenvalue weighted by atomic mass is 35.5. The average molecular weight is 505 g/mol. The van der Waals surface area contributed by atoms with E-state index in [1.165, 1.54) is 5.56 Å². The molecule has 184 valence electrons. The topological polar surface area (TPSA) is 43.3 Å². The van der Waals surface area contributed by atoms with Crippen LogP contribution in [0.5, 0.6) is 11.5 Å². The second-order valence-electron chi connectivity index (χ2n) is 8.79. The number of ether oxygens (including phenoxy) is 2. The highest BCUT2D eigenvalue weighted by Crippen LogP contribution is 2.39. The van der Waals surface area contributed by atoms with Gasteiger partial charge in [0.25, 0.3) is 0 Å². The fourth-order valence-electron chi connectivity index (χ4n) is 4.09. The van der Waals surface area contributed by atoms with Gasteiger partial charge in [0.15, 0.2) is 5.82 Å². The Morgan fingerprint density at radius 1 is 1.15 bits per heavy atom. The summed E-state index contributed by atoms with van der Waals surface area (Å²) >= 11 is 12.4. The molecule has 0 spiro atoms. The number of hydroxylamine groups is 2. The van der Waals surface area contributed by atoms with E-state index < -0.39 is 0 Å². The van der Waals surface area contributed by atoms with Crippen molar-refractivity contribution in [3.05, 3.63) is 69.5 Å². The van der Waals surface area contributed by atoms with E-state index in [-0.39, 0.29) is 11.5 Å². The molecular formula is C27H34Cl2N2O3. The van der Waals surface area contributed by atoms with Gasteiger partial charge < -0.3 is 9.47 Å². The molecule has 1 aliphatic heterocycles. The predicted molar refractivity (Wildman–Crippen MR) is 141 cm³/mol. The van der Waals surface area contributed by atoms with Crippen LogP contribution in [0.15, 0.2) is 52.8 Å². The molecule has 2 aromatic rings. The molecule has 0 saturated heterocycles. The van der Waals surface area contributed by atoms with Crippen molar-refractivity contribution in [3.63, 3.8) is 0 Å². The van der Waals surface area contributed by atoms with Gasteiger partial charge in [-0.1, -0.05) is 50.6 Å². The van der Waals surface area contributed by atoms with Crippen molar-refractivity contribution < 1.29 is 14.3 Å². The molecule has 0 saturated carbocycles. The molecule has 34 heavy (non-hydrogen) atoms. The lowest BCUT2D eigenvalue weighted by atomic mass is 9.77. The van der Waals surface area contributed by atoms with Gasteiger partial charge in [-0.15, -0.1) is 11.6 Å². The second kappa shape index (κ2) is 11.5. The van der Waals surface area contributed by atoms with Crippen LogP contribution in [0.1, 0.15) is 50.8 Å². The molecule has 7 heteroatoms. The average Bonchev–Trinajstić information content (AvgIpc) is 3.33. The number of halogens is 2. The Hall–Kier alpha value is -2.21. The summed E-state index contributed by atoms with van der Waals surface area (Å²) in [5.41, 5.74) is 4.22. The molecule has 5 nitrogen and oxygen atoms in total. The third kappa shape index (κ3) is 5.70. The number of aliphatic imine (C=N–C) groups is 1. The molecule has 0 aromatic heterocycles. The summed E-state index contributed by atoms with van der Waals surface area (Å²) in [6.45, 7) is 8.97. The van der Waals surface area contributed by atoms with Crippen LogP contribution in [0.25, 0.3) is 0 Å². The summed E-state index contributed by atoms with van der Waals surface area (Å²) in [6.07, 6.45) is 3.33. The van der Waals surface area contributed by atoms with Gasteiger partial charge in [-0.3, -0.25) is 4.84 Å². The monoisotopic (exact) mass is 504 g/mol. The molecule has 1 aliphatic rings. The zero-order valence-corrected chi connectivity index (χ0v) is 22.3. The highest BCUT2D eigenvalue weighted by molar-refractivity contribution is 6.32. The summed E-state index contributed by atoms with van der Waals surface area (Å²) in [5.74, 6) is 2.76. The first kappa shape index (κ1) is 26.4. The van der Waals surface area contributed by atoms with Crippen molar-refractivity contribution in [2.45, 2.75) is 52.1 Å². The summed E-state index contributed by atoms with van der Waals surface area (Å²) in [7, 11) is 3.47. The number of nitrogens with zero attached hydrogens (tertiary/aromatic N) is 2. The molecule has 1 unspecified atom stereocenters. The first-order valence-corrected chi connectivity index (χ1v) is 12.5. The maximum atomic E-state index is 6.62. The summed E-state index contributed by atoms with van der Waals surface area (Å²) in [5, 5.41) is 2.27. The van der Waals surface area contributed by atoms with Crippen molar-refractivity contribution in [1.82, 2.24) is 5.06 Å². The number of aryl methyl sites for hydroxylation is 1. The van der Waals surface area contributed by atoms with Gasteiger partial charge >= 0.3 is 0 Å². The van der Waals surface area contributed by atoms with Crippen molar-refractivity contribution in [2.75, 3.05) is 26.6 Å². The standard InChI is InChI=1S/C27H34Cl2N2O3/c1-7-19-16-21(17-24(29)25(19)33-15-13-28)27(3,4)20-8-10-22(11-9-20)34-18(2)23-12-14-30-26(23)31(5)32-6/h8-11,14,16-18H,7,12-13,15H2,1-6H3. The minimum atomic E-state index is -0.251. The third-order valence-electron chi connectivity index (χ3n) is 6.31. The van der Waals surface area contributed by atoms with E-state index in [1.54, 1.807) is 12.2 Å². The van der Waals surface area contributed by atoms with Gasteiger partial charge in [-0.05, 0) is 48.2 Å². The zero-order valence-electron chi connectivity index (χ0n) is 20.8. The normalized spacial score (nSPS) is 14.5. The maximum Gasteiger partial charge on any atom is 0.154 e. The minimum Gasteiger partial charge on any atom is -0.490 e. The van der Waals surface area contributed by atoms with Gasteiger partial charge in [0.05, 0.1) is 18.0 Å². The van der Waals surface area contributed by atoms with Gasteiger partial charge in [0, 0.05) is 30.7 Å². The van der Waals surface area contributed by atoms with E-state index in [0.717, 1.165) is 46.9 Å². The Kier molecular flexibility index (Phi) is 8.91. The number of hydrogen-bond acceptors (Lipinski definition) is 5. The molecule has 1 heterocycles. The SMILES string of the molecule is CCc1cc(C(C)(C)c2ccc(OC(C)C3=C(N(C)OC)N=CC3)cc2)cc(Cl)c1OCCCl. The van der Waals surface area contributed by atoms with Crippen molar-refractivity contribution in [2.24, 2.45) is 4.99 Å². The van der Waals surface area contributed by atoms with E-state index in [0.29, 0.717) is 17.5 Å². The summed E-state index contributed by atoms with van der Waals surface area (Å²) < 4.78 is 12.0. The molecule has 0 amide bonds. The van der Waals surface area contributed by atoms with Crippen molar-refractivity contribution in [1.29, 1.82) is 0 Å². The Bertz CT molecular complexity index is 1050. The third-order valence-corrected chi connectivity index (χ3v) is 6.75. The van der Waals surface area contributed by atoms with Crippen LogP contribution in [-0.4, -0.2) is 44.0 Å². The van der Waals surface area contributed by atoms with Crippen LogP contribution >= 0.6 is 23.2 Å². The van der Waals surface area contributed by atoms with E-state index in [2.05, 4.69) is 44.0 Å². The Morgan fingerprint density at radius 3 is 2.47 bits per heavy atom. The van der Waals surface area contributed by atoms with Gasteiger partial charge in [-0.2, -0.15) is 0 Å². The van der Waals surface area contributed by atoms with Crippen LogP contribution < -0.4 is 9.47 Å². The van der Waals surface area contributed by atoms with E-state index in [1.807, 2.05) is 38.4 Å². The molecule has 3 rings (SSSR count). The lowest BCUT2D eigenvalue weighted by Gasteiger charge is -2.28. The predicted octanol–water partition coefficient (Wildman–Crippen LogP) is 6.79. The Morgan fingerprint density at radius 2 is 1.85 bits per heavy atom. The van der Waals surface area contributed by atoms with Gasteiger partial charge in [0.2, 0.25) is 0 Å². The maximum absolute atomic E-state index is 6.62. The van der Waals surface area contributed by atoms with E-state index in [9.17, 15) is 0 Å². The number of alkyl halides is 1. The highest BCUT2D eigenvalue weighted by Gasteiger charge is 2.26. The largest absolute Gasteiger partial charge is 0.490 e. The zero-order chi connectivity index (χ0) is 24.9. The number of hydrogen-bond donors (Lipinski definition) is 0. The van der Waals surface area contributed by atoms with Gasteiger partial charge in [0.1, 0.15) is 24.2 Å². The second-order valence-corrected chi connectivity index (χ2v) is 9.58. The Balaban J connectivity index is 1.80. The number of rotatable bonds is 11. The van der Waals surface area contributed by atoms with Crippen LogP contribution in [0.2, 0.25) is 5.02 Å². The lowest BCUT2D eigenvalue weighted by Crippen LogP contribution is -2.22. The summed E-state index contributed by atoms with van der Waals surface area (Å²) in [6, 6.07) is 12.4. The lowest BCUT2D eigenvalue weighted by molar-refractivity contribution is -0.0794. The smallest absolute Gasteiger partial charge is 0.154 e. The fraction of sp³-hybridized carbons (Fsp3) is 0.444. The van der Waals surface area contributed by atoms with E-state index in [4.69, 9.17) is 37.5 Å². The van der Waals surface area contributed by atoms with Crippen LogP contribution in [0, 0.1) is 0 Å². The summed E-state index contributed by atoms with van der Waals surface area (Å²) in [4.78, 5) is 9.72. The first-order chi connectivity index (χ1) is 16.2. The molecule has 0 fully saturated rings. The molecular weight excluding hydrogens is 471 g/mol. The van der Waals surface area contributed by atoms with Gasteiger partial charge in [-0.25, -0.2) is 10.1 Å². The molecule has 0 radical (unpaired) electrons. The minimum absolute atomic E-state index is 0.125. The molecule has 0 bridgehead atoms. The van der Waals surface area contributed by atoms with Crippen molar-refractivity contribution >= 4 is 29.4 Å². The molecule has 0 N–H and O–H groups in total. The first-order valence-electron chi connectivity index (χ1n) is 11.5. The molecule has 2 aromatic carbocycles.